The van der Waals surface area contributed by atoms with Crippen molar-refractivity contribution in [1.29, 1.82) is 0 Å². The fourth-order valence-electron chi connectivity index (χ4n) is 1.62. The van der Waals surface area contributed by atoms with E-state index in [0.717, 1.165) is 0 Å². The maximum atomic E-state index is 12.0. The minimum atomic E-state index is -0.234. The number of para-hydroxylation sites is 1. The Labute approximate surface area is 104 Å². The summed E-state index contributed by atoms with van der Waals surface area (Å²) in [7, 11) is 1.64. The highest BCUT2D eigenvalue weighted by molar-refractivity contribution is 5.92. The van der Waals surface area contributed by atoms with Crippen molar-refractivity contribution in [3.8, 4) is 5.75 Å². The van der Waals surface area contributed by atoms with Gasteiger partial charge in [0.15, 0.2) is 0 Å². The molecule has 1 amide bonds. The number of carbonyl (C=O) groups excluding carboxylic acids is 1. The summed E-state index contributed by atoms with van der Waals surface area (Å²) in [5.41, 5.74) is 6.45. The van der Waals surface area contributed by atoms with Crippen molar-refractivity contribution in [2.45, 2.75) is 6.54 Å². The second kappa shape index (κ2) is 4.79. The second-order valence-electron chi connectivity index (χ2n) is 4.00. The number of carbonyl (C=O) groups is 1. The number of amides is 1. The van der Waals surface area contributed by atoms with Crippen LogP contribution in [0.2, 0.25) is 0 Å². The summed E-state index contributed by atoms with van der Waals surface area (Å²) >= 11 is 0. The van der Waals surface area contributed by atoms with Gasteiger partial charge in [0, 0.05) is 25.2 Å². The third-order valence-electron chi connectivity index (χ3n) is 2.57. The van der Waals surface area contributed by atoms with E-state index >= 15 is 0 Å². The van der Waals surface area contributed by atoms with Crippen molar-refractivity contribution in [2.24, 2.45) is 0 Å². The molecule has 4 N–H and O–H groups in total. The molecule has 18 heavy (non-hydrogen) atoms. The highest BCUT2D eigenvalue weighted by Gasteiger charge is 2.15. The molecule has 0 saturated heterocycles. The molecule has 94 valence electrons. The van der Waals surface area contributed by atoms with E-state index in [-0.39, 0.29) is 17.5 Å². The minimum Gasteiger partial charge on any atom is -0.508 e. The second-order valence-corrected chi connectivity index (χ2v) is 4.00. The monoisotopic (exact) mass is 246 g/mol. The lowest BCUT2D eigenvalue weighted by Gasteiger charge is -2.16. The van der Waals surface area contributed by atoms with E-state index in [1.165, 1.54) is 11.0 Å². The summed E-state index contributed by atoms with van der Waals surface area (Å²) in [6.07, 6.45) is 0. The van der Waals surface area contributed by atoms with E-state index in [1.807, 2.05) is 6.07 Å². The zero-order valence-electron chi connectivity index (χ0n) is 9.92. The molecule has 2 aromatic rings. The van der Waals surface area contributed by atoms with Gasteiger partial charge in [-0.2, -0.15) is 5.10 Å². The molecule has 0 aliphatic rings. The fraction of sp³-hybridized carbons (Fsp3) is 0.167. The molecule has 0 spiro atoms. The molecule has 0 atom stereocenters. The largest absolute Gasteiger partial charge is 0.508 e. The molecule has 0 aliphatic carbocycles. The van der Waals surface area contributed by atoms with Crippen LogP contribution in [0.15, 0.2) is 30.3 Å². The number of nitrogen functional groups attached to an aromatic ring is 1. The molecule has 6 heteroatoms. The van der Waals surface area contributed by atoms with Crippen molar-refractivity contribution in [3.05, 3.63) is 41.6 Å². The van der Waals surface area contributed by atoms with Gasteiger partial charge in [0.2, 0.25) is 0 Å². The normalized spacial score (nSPS) is 10.3. The SMILES string of the molecule is CN(Cc1ccccc1O)C(=O)c1cc(N)n[nH]1. The zero-order valence-corrected chi connectivity index (χ0v) is 9.92. The first kappa shape index (κ1) is 12.0. The topological polar surface area (TPSA) is 95.2 Å². The predicted molar refractivity (Wildman–Crippen MR) is 66.9 cm³/mol. The third-order valence-corrected chi connectivity index (χ3v) is 2.57. The molecule has 0 saturated carbocycles. The number of aromatic nitrogens is 2. The molecule has 0 fully saturated rings. The van der Waals surface area contributed by atoms with Crippen LogP contribution in [-0.4, -0.2) is 33.2 Å². The number of rotatable bonds is 3. The predicted octanol–water partition coefficient (Wildman–Crippen LogP) is 0.970. The fourth-order valence-corrected chi connectivity index (χ4v) is 1.62. The maximum absolute atomic E-state index is 12.0. The minimum absolute atomic E-state index is 0.168. The zero-order chi connectivity index (χ0) is 13.1. The molecular formula is C12H14N4O2. The Bertz CT molecular complexity index is 565. The third kappa shape index (κ3) is 2.42. The average Bonchev–Trinajstić information content (AvgIpc) is 2.78. The quantitative estimate of drug-likeness (QED) is 0.752. The number of nitrogens with two attached hydrogens (primary N) is 1. The number of anilines is 1. The van der Waals surface area contributed by atoms with Crippen LogP contribution in [0.25, 0.3) is 0 Å². The Balaban J connectivity index is 2.11. The van der Waals surface area contributed by atoms with Crippen LogP contribution in [0.4, 0.5) is 5.82 Å². The number of nitrogens with one attached hydrogen (secondary N) is 1. The average molecular weight is 246 g/mol. The number of benzene rings is 1. The van der Waals surface area contributed by atoms with Gasteiger partial charge in [-0.1, -0.05) is 18.2 Å². The maximum Gasteiger partial charge on any atom is 0.271 e. The van der Waals surface area contributed by atoms with Crippen LogP contribution in [0, 0.1) is 0 Å². The first-order chi connectivity index (χ1) is 8.58. The van der Waals surface area contributed by atoms with Gasteiger partial charge in [-0.05, 0) is 6.07 Å². The Kier molecular flexibility index (Phi) is 3.18. The van der Waals surface area contributed by atoms with Gasteiger partial charge >= 0.3 is 0 Å². The smallest absolute Gasteiger partial charge is 0.271 e. The Morgan fingerprint density at radius 2 is 2.22 bits per heavy atom. The van der Waals surface area contributed by atoms with E-state index in [4.69, 9.17) is 5.73 Å². The Morgan fingerprint density at radius 1 is 1.50 bits per heavy atom. The van der Waals surface area contributed by atoms with Crippen molar-refractivity contribution in [3.63, 3.8) is 0 Å². The number of aromatic hydroxyl groups is 1. The van der Waals surface area contributed by atoms with Gasteiger partial charge in [-0.3, -0.25) is 9.89 Å². The molecule has 6 nitrogen and oxygen atoms in total. The lowest BCUT2D eigenvalue weighted by Crippen LogP contribution is -2.26. The van der Waals surface area contributed by atoms with Gasteiger partial charge in [-0.15, -0.1) is 0 Å². The summed E-state index contributed by atoms with van der Waals surface area (Å²) in [6, 6.07) is 8.36. The van der Waals surface area contributed by atoms with Crippen LogP contribution < -0.4 is 5.73 Å². The van der Waals surface area contributed by atoms with E-state index in [9.17, 15) is 9.90 Å². The number of phenolic OH excluding ortho intramolecular Hbond substituents is 1. The highest BCUT2D eigenvalue weighted by atomic mass is 16.3. The van der Waals surface area contributed by atoms with Crippen LogP contribution in [0.3, 0.4) is 0 Å². The molecule has 0 aliphatic heterocycles. The van der Waals surface area contributed by atoms with Crippen LogP contribution in [0.5, 0.6) is 5.75 Å². The lowest BCUT2D eigenvalue weighted by atomic mass is 10.2. The number of hydrogen-bond acceptors (Lipinski definition) is 4. The van der Waals surface area contributed by atoms with Crippen LogP contribution in [-0.2, 0) is 6.54 Å². The number of phenols is 1. The Hall–Kier alpha value is -2.50. The van der Waals surface area contributed by atoms with Crippen molar-refractivity contribution < 1.29 is 9.90 Å². The van der Waals surface area contributed by atoms with Gasteiger partial charge in [-0.25, -0.2) is 0 Å². The number of hydrogen-bond donors (Lipinski definition) is 3. The summed E-state index contributed by atoms with van der Waals surface area (Å²) in [6.45, 7) is 0.310. The Morgan fingerprint density at radius 3 is 2.83 bits per heavy atom. The summed E-state index contributed by atoms with van der Waals surface area (Å²) in [5.74, 6) is 0.207. The molecule has 2 rings (SSSR count). The molecule has 1 heterocycles. The van der Waals surface area contributed by atoms with E-state index in [0.29, 0.717) is 17.8 Å². The van der Waals surface area contributed by atoms with Crippen molar-refractivity contribution >= 4 is 11.7 Å². The van der Waals surface area contributed by atoms with Crippen molar-refractivity contribution in [2.75, 3.05) is 12.8 Å². The number of aromatic amines is 1. The summed E-state index contributed by atoms with van der Waals surface area (Å²) < 4.78 is 0. The van der Waals surface area contributed by atoms with Gasteiger partial charge in [0.25, 0.3) is 5.91 Å². The van der Waals surface area contributed by atoms with E-state index < -0.39 is 0 Å². The molecular weight excluding hydrogens is 232 g/mol. The molecule has 1 aromatic carbocycles. The first-order valence-electron chi connectivity index (χ1n) is 5.41. The number of nitrogens with zero attached hydrogens (tertiary/aromatic N) is 2. The van der Waals surface area contributed by atoms with E-state index in [1.54, 1.807) is 25.2 Å². The highest BCUT2D eigenvalue weighted by Crippen LogP contribution is 2.18. The number of H-pyrrole nitrogens is 1. The standard InChI is InChI=1S/C12H14N4O2/c1-16(7-8-4-2-3-5-10(8)17)12(18)9-6-11(13)15-14-9/h2-6,17H,7H2,1H3,(H3,13,14,15). The molecule has 0 unspecified atom stereocenters. The van der Waals surface area contributed by atoms with E-state index in [2.05, 4.69) is 10.2 Å². The molecule has 1 aromatic heterocycles. The lowest BCUT2D eigenvalue weighted by molar-refractivity contribution is 0.0778. The van der Waals surface area contributed by atoms with Crippen molar-refractivity contribution in [1.82, 2.24) is 15.1 Å². The first-order valence-corrected chi connectivity index (χ1v) is 5.41. The van der Waals surface area contributed by atoms with Crippen LogP contribution >= 0.6 is 0 Å². The van der Waals surface area contributed by atoms with Crippen LogP contribution in [0.1, 0.15) is 16.1 Å². The molecule has 0 radical (unpaired) electrons. The van der Waals surface area contributed by atoms with Gasteiger partial charge < -0.3 is 15.7 Å². The summed E-state index contributed by atoms with van der Waals surface area (Å²) in [5, 5.41) is 15.9. The summed E-state index contributed by atoms with van der Waals surface area (Å²) in [4.78, 5) is 13.5. The van der Waals surface area contributed by atoms with Gasteiger partial charge in [0.05, 0.1) is 0 Å². The van der Waals surface area contributed by atoms with Gasteiger partial charge in [0.1, 0.15) is 17.3 Å². The molecule has 0 bridgehead atoms.